The quantitative estimate of drug-likeness (QED) is 0.380. The van der Waals surface area contributed by atoms with Crippen molar-refractivity contribution in [2.75, 3.05) is 23.8 Å². The van der Waals surface area contributed by atoms with Crippen LogP contribution in [0.4, 0.5) is 11.4 Å². The van der Waals surface area contributed by atoms with Crippen molar-refractivity contribution in [1.82, 2.24) is 9.69 Å². The van der Waals surface area contributed by atoms with Gasteiger partial charge in [-0.3, -0.25) is 19.3 Å². The third-order valence-corrected chi connectivity index (χ3v) is 6.24. The summed E-state index contributed by atoms with van der Waals surface area (Å²) in [5.41, 5.74) is 11.1. The van der Waals surface area contributed by atoms with Gasteiger partial charge in [0, 0.05) is 17.3 Å². The molecule has 11 nitrogen and oxygen atoms in total. The van der Waals surface area contributed by atoms with Crippen LogP contribution in [0, 0.1) is 0 Å². The number of hydrogen-bond acceptors (Lipinski definition) is 9. The van der Waals surface area contributed by atoms with Crippen LogP contribution >= 0.6 is 11.5 Å². The van der Waals surface area contributed by atoms with E-state index in [2.05, 4.69) is 9.69 Å². The number of nitrogen functional groups attached to an aromatic ring is 1. The van der Waals surface area contributed by atoms with Gasteiger partial charge in [0.1, 0.15) is 29.9 Å². The van der Waals surface area contributed by atoms with Crippen molar-refractivity contribution in [3.05, 3.63) is 58.6 Å². The summed E-state index contributed by atoms with van der Waals surface area (Å²) in [6.45, 7) is 6.15. The normalized spacial score (nSPS) is 13.5. The van der Waals surface area contributed by atoms with Gasteiger partial charge in [-0.25, -0.2) is 0 Å². The van der Waals surface area contributed by atoms with Crippen molar-refractivity contribution in [1.29, 1.82) is 0 Å². The fourth-order valence-corrected chi connectivity index (χ4v) is 4.56. The maximum Gasteiger partial charge on any atom is 0.273 e. The number of benzene rings is 2. The summed E-state index contributed by atoms with van der Waals surface area (Å²) in [6.07, 6.45) is 0. The van der Waals surface area contributed by atoms with Crippen LogP contribution in [0.15, 0.2) is 42.5 Å². The number of phenols is 1. The summed E-state index contributed by atoms with van der Waals surface area (Å²) in [7, 11) is 0. The molecule has 4 rings (SSSR count). The largest absolute Gasteiger partial charge is 0.508 e. The van der Waals surface area contributed by atoms with Crippen LogP contribution in [0.1, 0.15) is 52.5 Å². The molecule has 1 aliphatic heterocycles. The second kappa shape index (κ2) is 9.97. The van der Waals surface area contributed by atoms with Crippen molar-refractivity contribution < 1.29 is 29.0 Å². The van der Waals surface area contributed by atoms with E-state index in [1.54, 1.807) is 30.3 Å². The zero-order chi connectivity index (χ0) is 26.9. The van der Waals surface area contributed by atoms with Gasteiger partial charge in [-0.05, 0) is 62.1 Å². The Morgan fingerprint density at radius 2 is 1.73 bits per heavy atom. The number of carbonyl (C=O) groups excluding carboxylic acids is 3. The molecule has 3 aromatic rings. The van der Waals surface area contributed by atoms with Gasteiger partial charge < -0.3 is 31.4 Å². The van der Waals surface area contributed by atoms with E-state index < -0.39 is 29.3 Å². The molecule has 2 heterocycles. The molecule has 0 radical (unpaired) electrons. The predicted molar refractivity (Wildman–Crippen MR) is 138 cm³/mol. The van der Waals surface area contributed by atoms with Crippen LogP contribution in [0.25, 0.3) is 0 Å². The lowest BCUT2D eigenvalue weighted by Crippen LogP contribution is -2.49. The zero-order valence-electron chi connectivity index (χ0n) is 20.5. The number of carbonyl (C=O) groups is 3. The number of phenolic OH excluding ortho intramolecular Hbond substituents is 1. The van der Waals surface area contributed by atoms with E-state index in [0.29, 0.717) is 47.5 Å². The first-order valence-corrected chi connectivity index (χ1v) is 12.1. The number of rotatable bonds is 6. The van der Waals surface area contributed by atoms with Gasteiger partial charge in [0.25, 0.3) is 11.8 Å². The Morgan fingerprint density at radius 3 is 2.32 bits per heavy atom. The Labute approximate surface area is 217 Å². The summed E-state index contributed by atoms with van der Waals surface area (Å²) < 4.78 is 15.3. The Morgan fingerprint density at radius 1 is 1.08 bits per heavy atom. The lowest BCUT2D eigenvalue weighted by Gasteiger charge is -2.34. The SMILES string of the molecule is CC(C)(C)NC(=O)C(c1ccc(O)cc1)N(C(=O)c1snc(C(N)=O)c1N)c1ccc2c(c1)OCCO2. The van der Waals surface area contributed by atoms with Gasteiger partial charge in [0.05, 0.1) is 5.69 Å². The van der Waals surface area contributed by atoms with Crippen molar-refractivity contribution in [2.45, 2.75) is 32.4 Å². The molecular weight excluding hydrogens is 498 g/mol. The lowest BCUT2D eigenvalue weighted by molar-refractivity contribution is -0.123. The van der Waals surface area contributed by atoms with Gasteiger partial charge in [0.15, 0.2) is 17.2 Å². The van der Waals surface area contributed by atoms with Crippen molar-refractivity contribution in [3.8, 4) is 17.2 Å². The van der Waals surface area contributed by atoms with Crippen LogP contribution in [-0.4, -0.2) is 46.0 Å². The minimum atomic E-state index is -1.20. The van der Waals surface area contributed by atoms with Crippen molar-refractivity contribution >= 4 is 40.6 Å². The Bertz CT molecular complexity index is 1350. The first-order valence-electron chi connectivity index (χ1n) is 11.4. The fraction of sp³-hybridized carbons (Fsp3) is 0.280. The highest BCUT2D eigenvalue weighted by Gasteiger charge is 2.37. The minimum absolute atomic E-state index is 0.00580. The molecule has 0 fully saturated rings. The molecule has 0 saturated carbocycles. The summed E-state index contributed by atoms with van der Waals surface area (Å²) in [5, 5.41) is 12.8. The summed E-state index contributed by atoms with van der Waals surface area (Å²) in [5.74, 6) is -1.15. The second-order valence-corrected chi connectivity index (χ2v) is 10.1. The highest BCUT2D eigenvalue weighted by molar-refractivity contribution is 7.09. The van der Waals surface area contributed by atoms with Gasteiger partial charge in [-0.2, -0.15) is 4.37 Å². The first kappa shape index (κ1) is 25.8. The number of fused-ring (bicyclic) bond motifs is 1. The van der Waals surface area contributed by atoms with Crippen LogP contribution < -0.4 is 31.2 Å². The Hall–Kier alpha value is -4.32. The number of aromatic nitrogens is 1. The predicted octanol–water partition coefficient (Wildman–Crippen LogP) is 2.60. The van der Waals surface area contributed by atoms with Crippen LogP contribution in [0.3, 0.4) is 0 Å². The van der Waals surface area contributed by atoms with E-state index in [-0.39, 0.29) is 22.0 Å². The van der Waals surface area contributed by atoms with E-state index in [9.17, 15) is 19.5 Å². The number of nitrogens with zero attached hydrogens (tertiary/aromatic N) is 2. The average molecular weight is 526 g/mol. The van der Waals surface area contributed by atoms with Gasteiger partial charge in [0.2, 0.25) is 5.91 Å². The number of anilines is 2. The number of hydrogen-bond donors (Lipinski definition) is 4. The maximum atomic E-state index is 14.1. The van der Waals surface area contributed by atoms with Crippen LogP contribution in [0.2, 0.25) is 0 Å². The first-order chi connectivity index (χ1) is 17.5. The highest BCUT2D eigenvalue weighted by atomic mass is 32.1. The van der Waals surface area contributed by atoms with E-state index in [4.69, 9.17) is 20.9 Å². The van der Waals surface area contributed by atoms with Crippen molar-refractivity contribution in [2.24, 2.45) is 5.73 Å². The molecule has 6 N–H and O–H groups in total. The van der Waals surface area contributed by atoms with Gasteiger partial charge in [-0.15, -0.1) is 0 Å². The van der Waals surface area contributed by atoms with E-state index in [1.165, 1.54) is 17.0 Å². The number of aromatic hydroxyl groups is 1. The molecule has 0 bridgehead atoms. The van der Waals surface area contributed by atoms with Crippen molar-refractivity contribution in [3.63, 3.8) is 0 Å². The molecule has 0 saturated heterocycles. The molecule has 194 valence electrons. The number of amides is 3. The Kier molecular flexibility index (Phi) is 6.94. The molecule has 0 spiro atoms. The van der Waals surface area contributed by atoms with E-state index >= 15 is 0 Å². The average Bonchev–Trinajstić information content (AvgIpc) is 3.23. The number of nitrogens with two attached hydrogens (primary N) is 2. The number of primary amides is 1. The molecule has 2 aromatic carbocycles. The van der Waals surface area contributed by atoms with E-state index in [0.717, 1.165) is 0 Å². The zero-order valence-corrected chi connectivity index (χ0v) is 21.3. The molecule has 1 atom stereocenters. The molecule has 3 amide bonds. The number of nitrogens with one attached hydrogen (secondary N) is 1. The molecule has 0 aliphatic carbocycles. The topological polar surface area (TPSA) is 170 Å². The third kappa shape index (κ3) is 5.43. The van der Waals surface area contributed by atoms with Gasteiger partial charge in [-0.1, -0.05) is 12.1 Å². The third-order valence-electron chi connectivity index (χ3n) is 5.39. The summed E-state index contributed by atoms with van der Waals surface area (Å²) in [6, 6.07) is 9.60. The highest BCUT2D eigenvalue weighted by Crippen LogP contribution is 2.39. The second-order valence-electron chi connectivity index (χ2n) is 9.37. The molecule has 1 unspecified atom stereocenters. The fourth-order valence-electron chi connectivity index (χ4n) is 3.82. The van der Waals surface area contributed by atoms with E-state index in [1.807, 2.05) is 20.8 Å². The van der Waals surface area contributed by atoms with Crippen LogP contribution in [-0.2, 0) is 4.79 Å². The summed E-state index contributed by atoms with van der Waals surface area (Å²) in [4.78, 5) is 40.8. The minimum Gasteiger partial charge on any atom is -0.508 e. The van der Waals surface area contributed by atoms with Gasteiger partial charge >= 0.3 is 0 Å². The molecular formula is C25H27N5O6S. The Balaban J connectivity index is 1.91. The van der Waals surface area contributed by atoms with Crippen LogP contribution in [0.5, 0.6) is 17.2 Å². The molecule has 1 aromatic heterocycles. The standard InChI is InChI=1S/C25H27N5O6S/c1-25(2,3)28-23(33)20(13-4-7-15(31)8-5-13)30(14-6-9-16-17(12-14)36-11-10-35-16)24(34)21-18(26)19(22(27)32)29-37-21/h4-9,12,20,31H,10-11,26H2,1-3H3,(H2,27,32)(H,28,33). The molecule has 12 heteroatoms. The smallest absolute Gasteiger partial charge is 0.273 e. The number of ether oxygens (including phenoxy) is 2. The lowest BCUT2D eigenvalue weighted by atomic mass is 10.00. The molecule has 1 aliphatic rings. The summed E-state index contributed by atoms with van der Waals surface area (Å²) >= 11 is 0.710. The maximum absolute atomic E-state index is 14.1. The molecule has 37 heavy (non-hydrogen) atoms. The monoisotopic (exact) mass is 525 g/mol.